The number of benzene rings is 2. The van der Waals surface area contributed by atoms with Crippen LogP contribution in [0.15, 0.2) is 47.5 Å². The van der Waals surface area contributed by atoms with Gasteiger partial charge in [-0.2, -0.15) is 0 Å². The Balaban J connectivity index is 1.74. The Morgan fingerprint density at radius 1 is 1.17 bits per heavy atom. The highest BCUT2D eigenvalue weighted by atomic mass is 35.5. The number of rotatable bonds is 5. The molecule has 0 bridgehead atoms. The van der Waals surface area contributed by atoms with E-state index in [1.165, 1.54) is 17.7 Å². The minimum atomic E-state index is -0.352. The lowest BCUT2D eigenvalue weighted by Gasteiger charge is -2.04. The monoisotopic (exact) mass is 368 g/mol. The van der Waals surface area contributed by atoms with Gasteiger partial charge in [0.2, 0.25) is 0 Å². The van der Waals surface area contributed by atoms with Gasteiger partial charge in [-0.1, -0.05) is 41.4 Å². The van der Waals surface area contributed by atoms with Gasteiger partial charge in [0.15, 0.2) is 5.11 Å². The summed E-state index contributed by atoms with van der Waals surface area (Å²) in [6, 6.07) is 12.0. The molecule has 0 saturated heterocycles. The number of aliphatic imine (C=N–C) groups is 1. The van der Waals surface area contributed by atoms with E-state index in [9.17, 15) is 4.39 Å². The number of halogens is 3. The van der Waals surface area contributed by atoms with Crippen LogP contribution in [0.3, 0.4) is 0 Å². The summed E-state index contributed by atoms with van der Waals surface area (Å²) in [5.74, 6) is -0.352. The van der Waals surface area contributed by atoms with Crippen molar-refractivity contribution in [2.75, 3.05) is 6.54 Å². The molecule has 2 nitrogen and oxygen atoms in total. The maximum atomic E-state index is 12.9. The topological polar surface area (TPSA) is 24.4 Å². The SMILES string of the molecule is Fc1ccc(C/C=N/C(=S)NCCc2ccc(Cl)cc2)c(Cl)c1. The molecule has 2 aromatic carbocycles. The third-order valence-corrected chi connectivity index (χ3v) is 3.99. The summed E-state index contributed by atoms with van der Waals surface area (Å²) in [5, 5.41) is 4.59. The fraction of sp³-hybridized carbons (Fsp3) is 0.176. The minimum Gasteiger partial charge on any atom is -0.361 e. The summed E-state index contributed by atoms with van der Waals surface area (Å²) in [5.41, 5.74) is 1.98. The van der Waals surface area contributed by atoms with E-state index >= 15 is 0 Å². The molecule has 0 atom stereocenters. The molecule has 0 aliphatic heterocycles. The van der Waals surface area contributed by atoms with E-state index in [2.05, 4.69) is 10.3 Å². The molecule has 23 heavy (non-hydrogen) atoms. The zero-order valence-electron chi connectivity index (χ0n) is 12.2. The van der Waals surface area contributed by atoms with E-state index in [1.807, 2.05) is 24.3 Å². The van der Waals surface area contributed by atoms with Crippen LogP contribution < -0.4 is 5.32 Å². The second-order valence-electron chi connectivity index (χ2n) is 4.86. The third kappa shape index (κ3) is 6.26. The fourth-order valence-electron chi connectivity index (χ4n) is 1.92. The van der Waals surface area contributed by atoms with Crippen molar-refractivity contribution >= 4 is 46.7 Å². The summed E-state index contributed by atoms with van der Waals surface area (Å²) in [4.78, 5) is 4.15. The van der Waals surface area contributed by atoms with Crippen LogP contribution in [-0.4, -0.2) is 17.9 Å². The molecule has 0 amide bonds. The molecule has 0 saturated carbocycles. The lowest BCUT2D eigenvalue weighted by molar-refractivity contribution is 0.627. The van der Waals surface area contributed by atoms with E-state index < -0.39 is 0 Å². The van der Waals surface area contributed by atoms with Gasteiger partial charge in [-0.25, -0.2) is 9.38 Å². The lowest BCUT2D eigenvalue weighted by Crippen LogP contribution is -2.22. The van der Waals surface area contributed by atoms with Crippen molar-refractivity contribution in [1.82, 2.24) is 5.32 Å². The minimum absolute atomic E-state index is 0.352. The number of hydrogen-bond donors (Lipinski definition) is 1. The largest absolute Gasteiger partial charge is 0.361 e. The first-order valence-corrected chi connectivity index (χ1v) is 8.20. The predicted molar refractivity (Wildman–Crippen MR) is 99.4 cm³/mol. The number of nitrogens with zero attached hydrogens (tertiary/aromatic N) is 1. The van der Waals surface area contributed by atoms with Gasteiger partial charge in [0.05, 0.1) is 0 Å². The molecule has 0 radical (unpaired) electrons. The first-order chi connectivity index (χ1) is 11.0. The summed E-state index contributed by atoms with van der Waals surface area (Å²) < 4.78 is 12.9. The van der Waals surface area contributed by atoms with Gasteiger partial charge < -0.3 is 5.32 Å². The predicted octanol–water partition coefficient (Wildman–Crippen LogP) is 4.86. The van der Waals surface area contributed by atoms with Gasteiger partial charge in [-0.3, -0.25) is 0 Å². The van der Waals surface area contributed by atoms with Gasteiger partial charge in [-0.05, 0) is 54.0 Å². The smallest absolute Gasteiger partial charge is 0.192 e. The van der Waals surface area contributed by atoms with Gasteiger partial charge in [-0.15, -0.1) is 0 Å². The van der Waals surface area contributed by atoms with E-state index in [4.69, 9.17) is 35.4 Å². The zero-order valence-corrected chi connectivity index (χ0v) is 14.6. The van der Waals surface area contributed by atoms with Crippen LogP contribution in [0.5, 0.6) is 0 Å². The maximum absolute atomic E-state index is 12.9. The Hall–Kier alpha value is -1.49. The van der Waals surface area contributed by atoms with E-state index in [0.29, 0.717) is 23.1 Å². The molecule has 0 heterocycles. The molecule has 0 aliphatic carbocycles. The van der Waals surface area contributed by atoms with Gasteiger partial charge >= 0.3 is 0 Å². The highest BCUT2D eigenvalue weighted by Gasteiger charge is 2.00. The van der Waals surface area contributed by atoms with Crippen LogP contribution >= 0.6 is 35.4 Å². The average molecular weight is 369 g/mol. The Kier molecular flexibility index (Phi) is 6.96. The first kappa shape index (κ1) is 17.9. The summed E-state index contributed by atoms with van der Waals surface area (Å²) in [7, 11) is 0. The molecule has 2 aromatic rings. The highest BCUT2D eigenvalue weighted by Crippen LogP contribution is 2.17. The molecule has 6 heteroatoms. The van der Waals surface area contributed by atoms with E-state index in [1.54, 1.807) is 12.3 Å². The van der Waals surface area contributed by atoms with Crippen LogP contribution in [0.2, 0.25) is 10.0 Å². The quantitative estimate of drug-likeness (QED) is 0.601. The van der Waals surface area contributed by atoms with E-state index in [-0.39, 0.29) is 5.82 Å². The molecule has 0 fully saturated rings. The standard InChI is InChI=1S/C17H15Cl2FN2S/c18-14-4-1-12(2-5-14)7-9-21-17(23)22-10-8-13-3-6-15(20)11-16(13)19/h1-6,10-11H,7-9H2,(H,21,23)/b22-10+. The van der Waals surface area contributed by atoms with Crippen molar-refractivity contribution < 1.29 is 4.39 Å². The van der Waals surface area contributed by atoms with Crippen molar-refractivity contribution in [3.05, 3.63) is 69.5 Å². The summed E-state index contributed by atoms with van der Waals surface area (Å²) in [6.07, 6.45) is 2.99. The lowest BCUT2D eigenvalue weighted by atomic mass is 10.1. The fourth-order valence-corrected chi connectivity index (χ4v) is 2.47. The molecule has 0 unspecified atom stereocenters. The molecular weight excluding hydrogens is 354 g/mol. The van der Waals surface area contributed by atoms with Crippen molar-refractivity contribution in [2.45, 2.75) is 12.8 Å². The van der Waals surface area contributed by atoms with Crippen molar-refractivity contribution in [3.8, 4) is 0 Å². The molecular formula is C17H15Cl2FN2S. The van der Waals surface area contributed by atoms with Crippen LogP contribution in [0.1, 0.15) is 11.1 Å². The molecule has 0 aliphatic rings. The molecule has 1 N–H and O–H groups in total. The van der Waals surface area contributed by atoms with Crippen molar-refractivity contribution in [2.24, 2.45) is 4.99 Å². The Labute approximate surface area is 150 Å². The second-order valence-corrected chi connectivity index (χ2v) is 6.09. The van der Waals surface area contributed by atoms with E-state index in [0.717, 1.165) is 17.0 Å². The Morgan fingerprint density at radius 2 is 1.91 bits per heavy atom. The zero-order chi connectivity index (χ0) is 16.7. The molecule has 120 valence electrons. The van der Waals surface area contributed by atoms with Gasteiger partial charge in [0, 0.05) is 29.2 Å². The second kappa shape index (κ2) is 8.96. The number of hydrogen-bond acceptors (Lipinski definition) is 1. The summed E-state index contributed by atoms with van der Waals surface area (Å²) in [6.45, 7) is 0.690. The van der Waals surface area contributed by atoms with Gasteiger partial charge in [0.25, 0.3) is 0 Å². The van der Waals surface area contributed by atoms with Crippen LogP contribution in [0.25, 0.3) is 0 Å². The molecule has 0 aromatic heterocycles. The highest BCUT2D eigenvalue weighted by molar-refractivity contribution is 7.80. The third-order valence-electron chi connectivity index (χ3n) is 3.14. The Bertz CT molecular complexity index is 702. The molecule has 0 spiro atoms. The Morgan fingerprint density at radius 3 is 2.61 bits per heavy atom. The van der Waals surface area contributed by atoms with Crippen molar-refractivity contribution in [3.63, 3.8) is 0 Å². The number of nitrogens with one attached hydrogen (secondary N) is 1. The maximum Gasteiger partial charge on any atom is 0.192 e. The van der Waals surface area contributed by atoms with Crippen molar-refractivity contribution in [1.29, 1.82) is 0 Å². The average Bonchev–Trinajstić information content (AvgIpc) is 2.51. The normalized spacial score (nSPS) is 10.9. The van der Waals surface area contributed by atoms with Gasteiger partial charge in [0.1, 0.15) is 5.82 Å². The number of thiocarbonyl (C=S) groups is 1. The molecule has 2 rings (SSSR count). The van der Waals surface area contributed by atoms with Crippen LogP contribution in [-0.2, 0) is 12.8 Å². The first-order valence-electron chi connectivity index (χ1n) is 7.03. The van der Waals surface area contributed by atoms with Crippen LogP contribution in [0, 0.1) is 5.82 Å². The van der Waals surface area contributed by atoms with Crippen LogP contribution in [0.4, 0.5) is 4.39 Å². The summed E-state index contributed by atoms with van der Waals surface area (Å²) >= 11 is 16.9.